The summed E-state index contributed by atoms with van der Waals surface area (Å²) in [5.41, 5.74) is 1.41. The molecule has 1 aromatic carbocycles. The molecule has 1 amide bonds. The van der Waals surface area contributed by atoms with Gasteiger partial charge in [-0.25, -0.2) is 9.64 Å². The molecule has 0 N–H and O–H groups in total. The molecule has 5 nitrogen and oxygen atoms in total. The van der Waals surface area contributed by atoms with Gasteiger partial charge >= 0.3 is 6.09 Å². The molecular formula is C18H25N3O2. The Balaban J connectivity index is 1.90. The maximum absolute atomic E-state index is 12.1. The highest BCUT2D eigenvalue weighted by atomic mass is 16.6. The van der Waals surface area contributed by atoms with Crippen LogP contribution in [0.1, 0.15) is 39.3 Å². The quantitative estimate of drug-likeness (QED) is 0.778. The van der Waals surface area contributed by atoms with E-state index in [1.54, 1.807) is 4.90 Å². The zero-order valence-corrected chi connectivity index (χ0v) is 14.4. The summed E-state index contributed by atoms with van der Waals surface area (Å²) in [4.78, 5) is 19.6. The molecule has 1 aromatic rings. The summed E-state index contributed by atoms with van der Waals surface area (Å²) < 4.78 is 5.42. The molecule has 0 spiro atoms. The molecule has 1 fully saturated rings. The van der Waals surface area contributed by atoms with Crippen molar-refractivity contribution in [1.29, 1.82) is 0 Å². The molecule has 1 aliphatic heterocycles. The molecule has 23 heavy (non-hydrogen) atoms. The number of amides is 1. The van der Waals surface area contributed by atoms with Gasteiger partial charge in [-0.05, 0) is 33.3 Å². The Kier molecular flexibility index (Phi) is 5.27. The van der Waals surface area contributed by atoms with E-state index < -0.39 is 5.60 Å². The van der Waals surface area contributed by atoms with Gasteiger partial charge in [0.05, 0.1) is 6.57 Å². The predicted octanol–water partition coefficient (Wildman–Crippen LogP) is 3.85. The predicted molar refractivity (Wildman–Crippen MR) is 90.5 cm³/mol. The van der Waals surface area contributed by atoms with Crippen molar-refractivity contribution in [2.75, 3.05) is 26.2 Å². The van der Waals surface area contributed by atoms with Gasteiger partial charge in [-0.1, -0.05) is 24.3 Å². The van der Waals surface area contributed by atoms with Gasteiger partial charge in [-0.15, -0.1) is 0 Å². The van der Waals surface area contributed by atoms with E-state index in [4.69, 9.17) is 11.3 Å². The smallest absolute Gasteiger partial charge is 0.410 e. The molecule has 1 atom stereocenters. The van der Waals surface area contributed by atoms with E-state index in [0.29, 0.717) is 18.8 Å². The zero-order valence-electron chi connectivity index (χ0n) is 14.4. The van der Waals surface area contributed by atoms with Gasteiger partial charge in [0.15, 0.2) is 5.69 Å². The van der Waals surface area contributed by atoms with E-state index in [-0.39, 0.29) is 12.1 Å². The second-order valence-electron chi connectivity index (χ2n) is 6.88. The standard InChI is InChI=1S/C18H25N3O2/c1-14(15-6-8-16(19-5)9-7-15)20-10-12-21(13-11-20)17(22)23-18(2,3)4/h6-9,14H,10-13H2,1-4H3. The van der Waals surface area contributed by atoms with Crippen molar-refractivity contribution in [2.24, 2.45) is 0 Å². The highest BCUT2D eigenvalue weighted by Crippen LogP contribution is 2.24. The van der Waals surface area contributed by atoms with Gasteiger partial charge < -0.3 is 9.64 Å². The summed E-state index contributed by atoms with van der Waals surface area (Å²) in [6.07, 6.45) is -0.230. The number of piperazine rings is 1. The van der Waals surface area contributed by atoms with Gasteiger partial charge in [0, 0.05) is 32.2 Å². The average molecular weight is 315 g/mol. The van der Waals surface area contributed by atoms with Crippen LogP contribution >= 0.6 is 0 Å². The molecule has 1 saturated heterocycles. The largest absolute Gasteiger partial charge is 0.444 e. The summed E-state index contributed by atoms with van der Waals surface area (Å²) in [5.74, 6) is 0. The first-order chi connectivity index (χ1) is 10.8. The van der Waals surface area contributed by atoms with Crippen LogP contribution < -0.4 is 0 Å². The third-order valence-corrected chi connectivity index (χ3v) is 4.02. The highest BCUT2D eigenvalue weighted by molar-refractivity contribution is 5.68. The van der Waals surface area contributed by atoms with E-state index in [9.17, 15) is 4.79 Å². The Morgan fingerprint density at radius 1 is 1.17 bits per heavy atom. The minimum Gasteiger partial charge on any atom is -0.444 e. The van der Waals surface area contributed by atoms with Crippen LogP contribution in [0.4, 0.5) is 10.5 Å². The second kappa shape index (κ2) is 7.01. The summed E-state index contributed by atoms with van der Waals surface area (Å²) in [7, 11) is 0. The number of carbonyl (C=O) groups is 1. The van der Waals surface area contributed by atoms with Gasteiger partial charge in [0.1, 0.15) is 5.60 Å². The van der Waals surface area contributed by atoms with E-state index in [0.717, 1.165) is 13.1 Å². The van der Waals surface area contributed by atoms with Gasteiger partial charge in [0.2, 0.25) is 0 Å². The molecule has 124 valence electrons. The molecular weight excluding hydrogens is 290 g/mol. The molecule has 2 rings (SSSR count). The molecule has 1 heterocycles. The van der Waals surface area contributed by atoms with E-state index in [1.807, 2.05) is 45.0 Å². The molecule has 0 bridgehead atoms. The topological polar surface area (TPSA) is 37.1 Å². The maximum Gasteiger partial charge on any atom is 0.410 e. The van der Waals surface area contributed by atoms with Crippen molar-refractivity contribution in [3.63, 3.8) is 0 Å². The molecule has 5 heteroatoms. The Labute approximate surface area is 138 Å². The molecule has 0 saturated carbocycles. The van der Waals surface area contributed by atoms with Gasteiger partial charge in [0.25, 0.3) is 0 Å². The SMILES string of the molecule is [C-]#[N+]c1ccc(C(C)N2CCN(C(=O)OC(C)(C)C)CC2)cc1. The number of benzene rings is 1. The fourth-order valence-corrected chi connectivity index (χ4v) is 2.66. The Morgan fingerprint density at radius 2 is 1.74 bits per heavy atom. The maximum atomic E-state index is 12.1. The summed E-state index contributed by atoms with van der Waals surface area (Å²) >= 11 is 0. The molecule has 1 aliphatic rings. The van der Waals surface area contributed by atoms with Crippen molar-refractivity contribution < 1.29 is 9.53 Å². The lowest BCUT2D eigenvalue weighted by Gasteiger charge is -2.38. The average Bonchev–Trinajstić information content (AvgIpc) is 2.53. The summed E-state index contributed by atoms with van der Waals surface area (Å²) in [6, 6.07) is 8.01. The lowest BCUT2D eigenvalue weighted by Crippen LogP contribution is -2.50. The highest BCUT2D eigenvalue weighted by Gasteiger charge is 2.27. The molecule has 1 unspecified atom stereocenters. The number of hydrogen-bond donors (Lipinski definition) is 0. The minimum absolute atomic E-state index is 0.230. The van der Waals surface area contributed by atoms with Crippen LogP contribution in [0.15, 0.2) is 24.3 Å². The molecule has 0 radical (unpaired) electrons. The number of ether oxygens (including phenoxy) is 1. The first kappa shape index (κ1) is 17.3. The van der Waals surface area contributed by atoms with Crippen LogP contribution in [0, 0.1) is 6.57 Å². The monoisotopic (exact) mass is 315 g/mol. The van der Waals surface area contributed by atoms with Gasteiger partial charge in [-0.2, -0.15) is 0 Å². The summed E-state index contributed by atoms with van der Waals surface area (Å²) in [5, 5.41) is 0. The fraction of sp³-hybridized carbons (Fsp3) is 0.556. The zero-order chi connectivity index (χ0) is 17.0. The minimum atomic E-state index is -0.452. The van der Waals surface area contributed by atoms with Crippen molar-refractivity contribution in [3.05, 3.63) is 41.2 Å². The van der Waals surface area contributed by atoms with Crippen LogP contribution in [-0.2, 0) is 4.74 Å². The third-order valence-electron chi connectivity index (χ3n) is 4.02. The lowest BCUT2D eigenvalue weighted by molar-refractivity contribution is 0.0110. The first-order valence-corrected chi connectivity index (χ1v) is 7.99. The van der Waals surface area contributed by atoms with Crippen molar-refractivity contribution in [2.45, 2.75) is 39.3 Å². The lowest BCUT2D eigenvalue weighted by atomic mass is 10.1. The van der Waals surface area contributed by atoms with Gasteiger partial charge in [-0.3, -0.25) is 4.90 Å². The van der Waals surface area contributed by atoms with Crippen molar-refractivity contribution in [1.82, 2.24) is 9.80 Å². The number of hydrogen-bond acceptors (Lipinski definition) is 3. The van der Waals surface area contributed by atoms with Crippen molar-refractivity contribution >= 4 is 11.8 Å². The van der Waals surface area contributed by atoms with Crippen LogP contribution in [-0.4, -0.2) is 47.7 Å². The fourth-order valence-electron chi connectivity index (χ4n) is 2.66. The van der Waals surface area contributed by atoms with Crippen LogP contribution in [0.2, 0.25) is 0 Å². The first-order valence-electron chi connectivity index (χ1n) is 7.99. The van der Waals surface area contributed by atoms with E-state index in [2.05, 4.69) is 16.7 Å². The molecule has 0 aromatic heterocycles. The molecule has 0 aliphatic carbocycles. The Hall–Kier alpha value is -2.06. The third kappa shape index (κ3) is 4.70. The van der Waals surface area contributed by atoms with Crippen LogP contribution in [0.25, 0.3) is 4.85 Å². The van der Waals surface area contributed by atoms with Crippen molar-refractivity contribution in [3.8, 4) is 0 Å². The Morgan fingerprint density at radius 3 is 2.22 bits per heavy atom. The Bertz CT molecular complexity index is 576. The van der Waals surface area contributed by atoms with E-state index in [1.165, 1.54) is 5.56 Å². The summed E-state index contributed by atoms with van der Waals surface area (Å²) in [6.45, 7) is 17.8. The normalized spacial score (nSPS) is 17.4. The number of rotatable bonds is 2. The van der Waals surface area contributed by atoms with E-state index >= 15 is 0 Å². The second-order valence-corrected chi connectivity index (χ2v) is 6.88. The number of nitrogens with zero attached hydrogens (tertiary/aromatic N) is 3. The van der Waals surface area contributed by atoms with Crippen LogP contribution in [0.3, 0.4) is 0 Å². The van der Waals surface area contributed by atoms with Crippen LogP contribution in [0.5, 0.6) is 0 Å². The number of carbonyl (C=O) groups excluding carboxylic acids is 1.